The van der Waals surface area contributed by atoms with Gasteiger partial charge in [-0.25, -0.2) is 0 Å². The van der Waals surface area contributed by atoms with Crippen LogP contribution in [0.3, 0.4) is 0 Å². The molecule has 4 N–H and O–H groups in total. The molecule has 1 saturated heterocycles. The number of aromatic nitrogens is 2. The van der Waals surface area contributed by atoms with Crippen molar-refractivity contribution in [2.24, 2.45) is 0 Å². The molecule has 0 radical (unpaired) electrons. The Bertz CT molecular complexity index is 998. The summed E-state index contributed by atoms with van der Waals surface area (Å²) in [4.78, 5) is 2.28. The van der Waals surface area contributed by atoms with E-state index in [1.807, 2.05) is 12.1 Å². The van der Waals surface area contributed by atoms with Gasteiger partial charge in [0.05, 0.1) is 29.2 Å². The van der Waals surface area contributed by atoms with Crippen molar-refractivity contribution in [2.45, 2.75) is 25.4 Å². The normalized spacial score (nSPS) is 14.8. The van der Waals surface area contributed by atoms with Crippen LogP contribution < -0.4 is 15.0 Å². The highest BCUT2D eigenvalue weighted by molar-refractivity contribution is 9.10. The summed E-state index contributed by atoms with van der Waals surface area (Å²) in [5.41, 5.74) is 3.55. The standard InChI is InChI=1S/C22H25BrN4O3/c1-30-16-4-2-14(3-5-16)12-24-15-6-8-27(9-7-15)19-13-25-26-22(19)17-10-18(23)21(29)11-20(17)28/h2-5,10-11,13,15,24,28-29H,6-9,12H2,1H3,(H,25,26). The fraction of sp³-hybridized carbons (Fsp3) is 0.318. The monoisotopic (exact) mass is 472 g/mol. The molecule has 1 aromatic heterocycles. The summed E-state index contributed by atoms with van der Waals surface area (Å²) >= 11 is 3.31. The number of piperidine rings is 1. The molecule has 7 nitrogen and oxygen atoms in total. The van der Waals surface area contributed by atoms with Gasteiger partial charge in [0.2, 0.25) is 0 Å². The molecule has 30 heavy (non-hydrogen) atoms. The quantitative estimate of drug-likeness (QED) is 0.432. The molecule has 0 amide bonds. The lowest BCUT2D eigenvalue weighted by Gasteiger charge is -2.34. The summed E-state index contributed by atoms with van der Waals surface area (Å²) in [5.74, 6) is 0.882. The lowest BCUT2D eigenvalue weighted by molar-refractivity contribution is 0.410. The van der Waals surface area contributed by atoms with Crippen LogP contribution in [-0.4, -0.2) is 46.7 Å². The lowest BCUT2D eigenvalue weighted by Crippen LogP contribution is -2.42. The molecule has 4 rings (SSSR count). The number of methoxy groups -OCH3 is 1. The molecule has 0 aliphatic carbocycles. The molecule has 0 atom stereocenters. The Kier molecular flexibility index (Phi) is 6.15. The van der Waals surface area contributed by atoms with Crippen LogP contribution in [0.25, 0.3) is 11.3 Å². The van der Waals surface area contributed by atoms with Crippen molar-refractivity contribution in [2.75, 3.05) is 25.1 Å². The number of rotatable bonds is 6. The zero-order valence-electron chi connectivity index (χ0n) is 16.7. The minimum Gasteiger partial charge on any atom is -0.507 e. The van der Waals surface area contributed by atoms with E-state index in [4.69, 9.17) is 4.74 Å². The number of nitrogens with one attached hydrogen (secondary N) is 2. The summed E-state index contributed by atoms with van der Waals surface area (Å²) in [6.45, 7) is 2.63. The number of benzene rings is 2. The predicted octanol–water partition coefficient (Wildman–Crippen LogP) is 4.02. The summed E-state index contributed by atoms with van der Waals surface area (Å²) in [5, 5.41) is 30.9. The number of nitrogens with zero attached hydrogens (tertiary/aromatic N) is 2. The first kappa shape index (κ1) is 20.6. The predicted molar refractivity (Wildman–Crippen MR) is 120 cm³/mol. The molecular formula is C22H25BrN4O3. The summed E-state index contributed by atoms with van der Waals surface area (Å²) < 4.78 is 5.73. The van der Waals surface area contributed by atoms with Crippen LogP contribution >= 0.6 is 15.9 Å². The molecule has 158 valence electrons. The highest BCUT2D eigenvalue weighted by Gasteiger charge is 2.23. The van der Waals surface area contributed by atoms with Gasteiger partial charge in [-0.2, -0.15) is 5.10 Å². The van der Waals surface area contributed by atoms with Crippen molar-refractivity contribution in [1.82, 2.24) is 15.5 Å². The number of anilines is 1. The van der Waals surface area contributed by atoms with Gasteiger partial charge in [0.1, 0.15) is 17.2 Å². The van der Waals surface area contributed by atoms with Gasteiger partial charge in [-0.3, -0.25) is 5.10 Å². The lowest BCUT2D eigenvalue weighted by atomic mass is 10.0. The maximum absolute atomic E-state index is 10.3. The van der Waals surface area contributed by atoms with Crippen molar-refractivity contribution in [3.05, 3.63) is 52.6 Å². The van der Waals surface area contributed by atoms with Gasteiger partial charge in [-0.15, -0.1) is 0 Å². The van der Waals surface area contributed by atoms with Gasteiger partial charge >= 0.3 is 0 Å². The van der Waals surface area contributed by atoms with Crippen molar-refractivity contribution in [3.8, 4) is 28.5 Å². The molecule has 3 aromatic rings. The number of H-pyrrole nitrogens is 1. The van der Waals surface area contributed by atoms with E-state index in [-0.39, 0.29) is 11.5 Å². The Morgan fingerprint density at radius 3 is 2.60 bits per heavy atom. The largest absolute Gasteiger partial charge is 0.507 e. The van der Waals surface area contributed by atoms with Crippen LogP contribution in [-0.2, 0) is 6.54 Å². The molecule has 2 aromatic carbocycles. The Balaban J connectivity index is 1.38. The van der Waals surface area contributed by atoms with E-state index in [1.165, 1.54) is 11.6 Å². The number of phenolic OH excluding ortho intramolecular Hbond substituents is 2. The van der Waals surface area contributed by atoms with Crippen molar-refractivity contribution < 1.29 is 14.9 Å². The molecule has 8 heteroatoms. The topological polar surface area (TPSA) is 93.6 Å². The zero-order chi connectivity index (χ0) is 21.1. The van der Waals surface area contributed by atoms with Crippen LogP contribution in [0.2, 0.25) is 0 Å². The van der Waals surface area contributed by atoms with E-state index in [0.29, 0.717) is 16.1 Å². The van der Waals surface area contributed by atoms with Gasteiger partial charge in [-0.1, -0.05) is 12.1 Å². The van der Waals surface area contributed by atoms with Crippen molar-refractivity contribution >= 4 is 21.6 Å². The average molecular weight is 473 g/mol. The van der Waals surface area contributed by atoms with Crippen LogP contribution in [0.4, 0.5) is 5.69 Å². The van der Waals surface area contributed by atoms with Crippen LogP contribution in [0.1, 0.15) is 18.4 Å². The van der Waals surface area contributed by atoms with Crippen molar-refractivity contribution in [1.29, 1.82) is 0 Å². The van der Waals surface area contributed by atoms with Gasteiger partial charge in [0.25, 0.3) is 0 Å². The number of aromatic hydroxyl groups is 2. The van der Waals surface area contributed by atoms with E-state index < -0.39 is 0 Å². The number of phenols is 2. The maximum atomic E-state index is 10.3. The Labute approximate surface area is 183 Å². The Hall–Kier alpha value is -2.71. The zero-order valence-corrected chi connectivity index (χ0v) is 18.3. The molecule has 2 heterocycles. The van der Waals surface area contributed by atoms with E-state index in [0.717, 1.165) is 49.6 Å². The minimum atomic E-state index is 0.000985. The third-order valence-corrected chi connectivity index (χ3v) is 6.18. The molecule has 0 unspecified atom stereocenters. The van der Waals surface area contributed by atoms with Crippen molar-refractivity contribution in [3.63, 3.8) is 0 Å². The number of ether oxygens (including phenoxy) is 1. The van der Waals surface area contributed by atoms with Crippen LogP contribution in [0.5, 0.6) is 17.2 Å². The molecule has 0 saturated carbocycles. The number of hydrogen-bond donors (Lipinski definition) is 4. The second kappa shape index (κ2) is 8.97. The third-order valence-electron chi connectivity index (χ3n) is 5.54. The first-order valence-electron chi connectivity index (χ1n) is 9.91. The number of halogens is 1. The van der Waals surface area contributed by atoms with Crippen LogP contribution in [0.15, 0.2) is 47.1 Å². The van der Waals surface area contributed by atoms with E-state index in [2.05, 4.69) is 48.5 Å². The fourth-order valence-corrected chi connectivity index (χ4v) is 4.14. The van der Waals surface area contributed by atoms with Gasteiger partial charge < -0.3 is 25.2 Å². The molecule has 1 aliphatic rings. The fourth-order valence-electron chi connectivity index (χ4n) is 3.80. The molecule has 0 spiro atoms. The van der Waals surface area contributed by atoms with E-state index in [9.17, 15) is 10.2 Å². The van der Waals surface area contributed by atoms with E-state index in [1.54, 1.807) is 19.4 Å². The van der Waals surface area contributed by atoms with Gasteiger partial charge in [0.15, 0.2) is 0 Å². The smallest absolute Gasteiger partial charge is 0.133 e. The summed E-state index contributed by atoms with van der Waals surface area (Å²) in [6.07, 6.45) is 3.83. The number of aromatic amines is 1. The number of hydrogen-bond acceptors (Lipinski definition) is 6. The first-order chi connectivity index (χ1) is 14.5. The second-order valence-corrected chi connectivity index (χ2v) is 8.30. The van der Waals surface area contributed by atoms with Gasteiger partial charge in [0, 0.05) is 37.3 Å². The van der Waals surface area contributed by atoms with E-state index >= 15 is 0 Å². The van der Waals surface area contributed by atoms with Crippen LogP contribution in [0, 0.1) is 0 Å². The average Bonchev–Trinajstić information content (AvgIpc) is 3.25. The third kappa shape index (κ3) is 4.39. The second-order valence-electron chi connectivity index (χ2n) is 7.44. The molecule has 1 fully saturated rings. The molecular weight excluding hydrogens is 448 g/mol. The highest BCUT2D eigenvalue weighted by atomic mass is 79.9. The highest BCUT2D eigenvalue weighted by Crippen LogP contribution is 2.40. The maximum Gasteiger partial charge on any atom is 0.133 e. The Morgan fingerprint density at radius 1 is 1.17 bits per heavy atom. The first-order valence-corrected chi connectivity index (χ1v) is 10.7. The Morgan fingerprint density at radius 2 is 1.90 bits per heavy atom. The summed E-state index contributed by atoms with van der Waals surface area (Å²) in [7, 11) is 1.67. The van der Waals surface area contributed by atoms with Gasteiger partial charge in [-0.05, 0) is 52.5 Å². The molecule has 0 bridgehead atoms. The SMILES string of the molecule is COc1ccc(CNC2CCN(c3cn[nH]c3-c3cc(Br)c(O)cc3O)CC2)cc1. The molecule has 1 aliphatic heterocycles. The minimum absolute atomic E-state index is 0.000985. The summed E-state index contributed by atoms with van der Waals surface area (Å²) in [6, 6.07) is 11.6.